The Hall–Kier alpha value is -3.22. The molecule has 0 radical (unpaired) electrons. The molecule has 2 aromatic heterocycles. The van der Waals surface area contributed by atoms with Gasteiger partial charge < -0.3 is 9.80 Å². The minimum absolute atomic E-state index is 0.0234. The van der Waals surface area contributed by atoms with Crippen molar-refractivity contribution in [3.63, 3.8) is 0 Å². The van der Waals surface area contributed by atoms with E-state index in [-0.39, 0.29) is 17.9 Å². The van der Waals surface area contributed by atoms with Crippen LogP contribution in [0.3, 0.4) is 0 Å². The Kier molecular flexibility index (Phi) is 4.73. The van der Waals surface area contributed by atoms with E-state index in [1.54, 1.807) is 6.20 Å². The highest BCUT2D eigenvalue weighted by Crippen LogP contribution is 2.34. The fourth-order valence-electron chi connectivity index (χ4n) is 4.72. The second-order valence-corrected chi connectivity index (χ2v) is 8.27. The fourth-order valence-corrected chi connectivity index (χ4v) is 4.72. The van der Waals surface area contributed by atoms with Crippen LogP contribution in [0.5, 0.6) is 0 Å². The van der Waals surface area contributed by atoms with Crippen LogP contribution in [0.15, 0.2) is 48.8 Å². The van der Waals surface area contributed by atoms with Gasteiger partial charge in [0.1, 0.15) is 5.82 Å². The lowest BCUT2D eigenvalue weighted by Gasteiger charge is -2.35. The first kappa shape index (κ1) is 18.8. The first-order valence-corrected chi connectivity index (χ1v) is 10.6. The molecule has 0 spiro atoms. The third kappa shape index (κ3) is 3.24. The zero-order chi connectivity index (χ0) is 20.7. The number of nitrogens with zero attached hydrogens (tertiary/aromatic N) is 6. The molecule has 30 heavy (non-hydrogen) atoms. The largest absolute Gasteiger partial charge is 0.354 e. The number of imidazole rings is 1. The van der Waals surface area contributed by atoms with Gasteiger partial charge in [0.05, 0.1) is 5.92 Å². The molecule has 3 aromatic rings. The number of hydrogen-bond acceptors (Lipinski definition) is 5. The monoisotopic (exact) mass is 402 g/mol. The molecule has 5 rings (SSSR count). The molecule has 0 N–H and O–H groups in total. The molecule has 2 unspecified atom stereocenters. The maximum absolute atomic E-state index is 13.5. The summed E-state index contributed by atoms with van der Waals surface area (Å²) in [5, 5.41) is 8.83. The smallest absolute Gasteiger partial charge is 0.232 e. The van der Waals surface area contributed by atoms with Gasteiger partial charge in [-0.3, -0.25) is 9.36 Å². The molecule has 1 amide bonds. The third-order valence-corrected chi connectivity index (χ3v) is 6.25. The van der Waals surface area contributed by atoms with E-state index in [4.69, 9.17) is 0 Å². The Balaban J connectivity index is 1.33. The van der Waals surface area contributed by atoms with Gasteiger partial charge in [-0.2, -0.15) is 0 Å². The summed E-state index contributed by atoms with van der Waals surface area (Å²) in [6.45, 7) is 5.66. The van der Waals surface area contributed by atoms with Crippen LogP contribution in [0, 0.1) is 12.8 Å². The molecule has 0 bridgehead atoms. The molecule has 0 aliphatic carbocycles. The van der Waals surface area contributed by atoms with Crippen LogP contribution in [-0.2, 0) is 11.2 Å². The molecule has 0 saturated carbocycles. The van der Waals surface area contributed by atoms with Crippen molar-refractivity contribution in [1.29, 1.82) is 0 Å². The average molecular weight is 403 g/mol. The zero-order valence-electron chi connectivity index (χ0n) is 17.4. The van der Waals surface area contributed by atoms with Crippen molar-refractivity contribution in [1.82, 2.24) is 19.7 Å². The van der Waals surface area contributed by atoms with E-state index < -0.39 is 0 Å². The summed E-state index contributed by atoms with van der Waals surface area (Å²) in [6, 6.07) is 12.4. The molecular weight excluding hydrogens is 376 g/mol. The molecule has 2 atom stereocenters. The molecule has 154 valence electrons. The van der Waals surface area contributed by atoms with Crippen LogP contribution in [0.1, 0.15) is 31.2 Å². The maximum atomic E-state index is 13.5. The van der Waals surface area contributed by atoms with Gasteiger partial charge in [0.2, 0.25) is 5.91 Å². The Morgan fingerprint density at radius 1 is 1.10 bits per heavy atom. The lowest BCUT2D eigenvalue weighted by Crippen LogP contribution is -2.47. The van der Waals surface area contributed by atoms with E-state index in [2.05, 4.69) is 45.2 Å². The average Bonchev–Trinajstić information content (AvgIpc) is 3.35. The molecule has 7 heteroatoms. The topological polar surface area (TPSA) is 67.2 Å². The first-order valence-electron chi connectivity index (χ1n) is 10.6. The van der Waals surface area contributed by atoms with Crippen molar-refractivity contribution in [2.75, 3.05) is 22.9 Å². The van der Waals surface area contributed by atoms with Gasteiger partial charge >= 0.3 is 0 Å². The molecule has 1 fully saturated rings. The van der Waals surface area contributed by atoms with Crippen molar-refractivity contribution in [2.24, 2.45) is 5.92 Å². The lowest BCUT2D eigenvalue weighted by atomic mass is 9.96. The molecule has 1 saturated heterocycles. The quantitative estimate of drug-likeness (QED) is 0.673. The normalized spacial score (nSPS) is 21.0. The third-order valence-electron chi connectivity index (χ3n) is 6.25. The Bertz CT molecular complexity index is 1060. The SMILES string of the molecule is Cc1nccn1-c1ccc(N2CCCC(C(=O)N3c4ccccc4CC3C)C2)nn1. The van der Waals surface area contributed by atoms with Crippen LogP contribution in [0.2, 0.25) is 0 Å². The first-order chi connectivity index (χ1) is 14.6. The summed E-state index contributed by atoms with van der Waals surface area (Å²) in [7, 11) is 0. The fraction of sp³-hybridized carbons (Fsp3) is 0.391. The zero-order valence-corrected chi connectivity index (χ0v) is 17.4. The number of benzene rings is 1. The van der Waals surface area contributed by atoms with E-state index in [9.17, 15) is 4.79 Å². The molecular formula is C23H26N6O. The Morgan fingerprint density at radius 2 is 1.90 bits per heavy atom. The number of piperidine rings is 1. The predicted molar refractivity (Wildman–Crippen MR) is 116 cm³/mol. The summed E-state index contributed by atoms with van der Waals surface area (Å²) in [5.41, 5.74) is 2.34. The molecule has 2 aliphatic heterocycles. The minimum Gasteiger partial charge on any atom is -0.354 e. The van der Waals surface area contributed by atoms with Crippen LogP contribution < -0.4 is 9.80 Å². The number of hydrogen-bond donors (Lipinski definition) is 0. The maximum Gasteiger partial charge on any atom is 0.232 e. The standard InChI is InChI=1S/C23H26N6O/c1-16-14-18-6-3-4-8-20(18)29(16)23(30)19-7-5-12-27(15-19)21-9-10-22(26-25-21)28-13-11-24-17(28)2/h3-4,6,8-11,13,16,19H,5,7,12,14-15H2,1-2H3. The van der Waals surface area contributed by atoms with Crippen molar-refractivity contribution in [3.8, 4) is 5.82 Å². The number of anilines is 2. The van der Waals surface area contributed by atoms with Gasteiger partial charge in [0.25, 0.3) is 0 Å². The predicted octanol–water partition coefficient (Wildman–Crippen LogP) is 3.16. The van der Waals surface area contributed by atoms with E-state index in [1.807, 2.05) is 40.8 Å². The number of amides is 1. The van der Waals surface area contributed by atoms with Crippen LogP contribution in [0.25, 0.3) is 5.82 Å². The summed E-state index contributed by atoms with van der Waals surface area (Å²) in [4.78, 5) is 21.9. The second kappa shape index (κ2) is 7.55. The van der Waals surface area contributed by atoms with Gasteiger partial charge in [-0.25, -0.2) is 4.98 Å². The van der Waals surface area contributed by atoms with Crippen LogP contribution in [-0.4, -0.2) is 44.8 Å². The number of carbonyl (C=O) groups excluding carboxylic acids is 1. The number of carbonyl (C=O) groups is 1. The van der Waals surface area contributed by atoms with Crippen molar-refractivity contribution in [2.45, 2.75) is 39.2 Å². The number of aryl methyl sites for hydroxylation is 1. The van der Waals surface area contributed by atoms with E-state index >= 15 is 0 Å². The molecule has 7 nitrogen and oxygen atoms in total. The summed E-state index contributed by atoms with van der Waals surface area (Å²) in [6.07, 6.45) is 6.46. The van der Waals surface area contributed by atoms with Crippen LogP contribution in [0.4, 0.5) is 11.5 Å². The number of aromatic nitrogens is 4. The van der Waals surface area contributed by atoms with Crippen molar-refractivity contribution < 1.29 is 4.79 Å². The summed E-state index contributed by atoms with van der Waals surface area (Å²) in [5.74, 6) is 2.66. The van der Waals surface area contributed by atoms with Gasteiger partial charge in [-0.1, -0.05) is 18.2 Å². The Labute approximate surface area is 176 Å². The van der Waals surface area contributed by atoms with Crippen molar-refractivity contribution >= 4 is 17.4 Å². The van der Waals surface area contributed by atoms with Gasteiger partial charge in [0.15, 0.2) is 11.6 Å². The minimum atomic E-state index is -0.0234. The highest BCUT2D eigenvalue weighted by Gasteiger charge is 2.36. The Morgan fingerprint density at radius 3 is 2.67 bits per heavy atom. The molecule has 2 aliphatic rings. The second-order valence-electron chi connectivity index (χ2n) is 8.27. The highest BCUT2D eigenvalue weighted by atomic mass is 16.2. The van der Waals surface area contributed by atoms with Gasteiger partial charge in [0, 0.05) is 37.2 Å². The summed E-state index contributed by atoms with van der Waals surface area (Å²) >= 11 is 0. The molecule has 4 heterocycles. The number of para-hydroxylation sites is 1. The van der Waals surface area contributed by atoms with Crippen LogP contribution >= 0.6 is 0 Å². The van der Waals surface area contributed by atoms with E-state index in [1.165, 1.54) is 5.56 Å². The van der Waals surface area contributed by atoms with Gasteiger partial charge in [-0.05, 0) is 56.9 Å². The summed E-state index contributed by atoms with van der Waals surface area (Å²) < 4.78 is 1.91. The van der Waals surface area contributed by atoms with Crippen molar-refractivity contribution in [3.05, 3.63) is 60.2 Å². The number of fused-ring (bicyclic) bond motifs is 1. The van der Waals surface area contributed by atoms with E-state index in [0.29, 0.717) is 6.54 Å². The molecule has 1 aromatic carbocycles. The van der Waals surface area contributed by atoms with E-state index in [0.717, 1.165) is 49.0 Å². The highest BCUT2D eigenvalue weighted by molar-refractivity contribution is 5.98. The number of rotatable bonds is 3. The van der Waals surface area contributed by atoms with Gasteiger partial charge in [-0.15, -0.1) is 10.2 Å². The lowest BCUT2D eigenvalue weighted by molar-refractivity contribution is -0.122.